The lowest BCUT2D eigenvalue weighted by molar-refractivity contribution is -0.136. The lowest BCUT2D eigenvalue weighted by Gasteiger charge is -2.17. The summed E-state index contributed by atoms with van der Waals surface area (Å²) in [5.41, 5.74) is 1.82. The fraction of sp³-hybridized carbons (Fsp3) is 0.294. The fourth-order valence-corrected chi connectivity index (χ4v) is 2.70. The van der Waals surface area contributed by atoms with Crippen molar-refractivity contribution in [3.8, 4) is 0 Å². The predicted octanol–water partition coefficient (Wildman–Crippen LogP) is 1.15. The number of amides is 3. The molecule has 1 fully saturated rings. The van der Waals surface area contributed by atoms with Gasteiger partial charge in [0, 0.05) is 24.7 Å². The van der Waals surface area contributed by atoms with Crippen LogP contribution in [-0.2, 0) is 14.4 Å². The van der Waals surface area contributed by atoms with E-state index in [1.807, 2.05) is 31.2 Å². The first kappa shape index (κ1) is 16.7. The van der Waals surface area contributed by atoms with Crippen molar-refractivity contribution >= 4 is 29.2 Å². The van der Waals surface area contributed by atoms with Crippen molar-refractivity contribution in [3.05, 3.63) is 41.7 Å². The summed E-state index contributed by atoms with van der Waals surface area (Å²) < 4.78 is 4.82. The van der Waals surface area contributed by atoms with E-state index in [9.17, 15) is 14.4 Å². The molecule has 1 saturated heterocycles. The van der Waals surface area contributed by atoms with Crippen LogP contribution in [0.4, 0.5) is 11.5 Å². The van der Waals surface area contributed by atoms with Crippen LogP contribution in [-0.4, -0.2) is 35.5 Å². The summed E-state index contributed by atoms with van der Waals surface area (Å²) in [6.45, 7) is 3.94. The van der Waals surface area contributed by atoms with E-state index in [1.165, 1.54) is 6.07 Å². The van der Waals surface area contributed by atoms with Crippen LogP contribution in [0.5, 0.6) is 0 Å². The van der Waals surface area contributed by atoms with Crippen LogP contribution in [0.25, 0.3) is 0 Å². The molecule has 1 unspecified atom stereocenters. The molecule has 0 spiro atoms. The molecule has 0 radical (unpaired) electrons. The zero-order valence-corrected chi connectivity index (χ0v) is 13.9. The maximum atomic E-state index is 12.2. The number of nitrogens with zero attached hydrogens (tertiary/aromatic N) is 2. The van der Waals surface area contributed by atoms with Gasteiger partial charge in [0.05, 0.1) is 6.04 Å². The van der Waals surface area contributed by atoms with Crippen LogP contribution < -0.4 is 15.5 Å². The van der Waals surface area contributed by atoms with Crippen molar-refractivity contribution in [3.63, 3.8) is 0 Å². The van der Waals surface area contributed by atoms with Gasteiger partial charge >= 0.3 is 11.8 Å². The van der Waals surface area contributed by atoms with Gasteiger partial charge in [-0.2, -0.15) is 0 Å². The average molecular weight is 342 g/mol. The molecule has 0 bridgehead atoms. The maximum Gasteiger partial charge on any atom is 0.314 e. The number of benzene rings is 1. The second-order valence-corrected chi connectivity index (χ2v) is 5.99. The van der Waals surface area contributed by atoms with Crippen molar-refractivity contribution in [1.29, 1.82) is 0 Å². The first-order valence-electron chi connectivity index (χ1n) is 7.84. The van der Waals surface area contributed by atoms with Crippen LogP contribution >= 0.6 is 0 Å². The van der Waals surface area contributed by atoms with Gasteiger partial charge in [0.25, 0.3) is 0 Å². The van der Waals surface area contributed by atoms with E-state index in [-0.39, 0.29) is 18.1 Å². The molecule has 0 aliphatic carbocycles. The number of nitrogens with one attached hydrogen (secondary N) is 2. The average Bonchev–Trinajstić information content (AvgIpc) is 3.12. The zero-order chi connectivity index (χ0) is 18.0. The van der Waals surface area contributed by atoms with Gasteiger partial charge in [-0.1, -0.05) is 17.3 Å². The summed E-state index contributed by atoms with van der Waals surface area (Å²) in [5.74, 6) is -1.07. The lowest BCUT2D eigenvalue weighted by atomic mass is 10.2. The highest BCUT2D eigenvalue weighted by molar-refractivity contribution is 6.39. The highest BCUT2D eigenvalue weighted by Crippen LogP contribution is 2.22. The molecule has 2 aromatic rings. The van der Waals surface area contributed by atoms with Gasteiger partial charge in [0.2, 0.25) is 5.91 Å². The summed E-state index contributed by atoms with van der Waals surface area (Å²) in [6, 6.07) is 8.64. The quantitative estimate of drug-likeness (QED) is 0.814. The molecule has 1 aliphatic heterocycles. The van der Waals surface area contributed by atoms with Crippen molar-refractivity contribution in [2.45, 2.75) is 26.3 Å². The number of rotatable bonds is 3. The largest absolute Gasteiger partial charge is 0.360 e. The molecule has 25 heavy (non-hydrogen) atoms. The highest BCUT2D eigenvalue weighted by atomic mass is 16.5. The van der Waals surface area contributed by atoms with Gasteiger partial charge in [0.1, 0.15) is 5.76 Å². The molecule has 3 amide bonds. The van der Waals surface area contributed by atoms with Crippen molar-refractivity contribution in [2.75, 3.05) is 16.8 Å². The van der Waals surface area contributed by atoms with Gasteiger partial charge < -0.3 is 14.7 Å². The molecule has 2 N–H and O–H groups in total. The second-order valence-electron chi connectivity index (χ2n) is 5.99. The monoisotopic (exact) mass is 342 g/mol. The minimum atomic E-state index is -0.852. The third-order valence-corrected chi connectivity index (χ3v) is 3.85. The minimum Gasteiger partial charge on any atom is -0.360 e. The molecule has 130 valence electrons. The summed E-state index contributed by atoms with van der Waals surface area (Å²) in [5, 5.41) is 8.51. The van der Waals surface area contributed by atoms with Crippen LogP contribution in [0, 0.1) is 13.8 Å². The molecule has 8 nitrogen and oxygen atoms in total. The van der Waals surface area contributed by atoms with Crippen molar-refractivity contribution in [2.24, 2.45) is 0 Å². The zero-order valence-electron chi connectivity index (χ0n) is 13.9. The summed E-state index contributed by atoms with van der Waals surface area (Å²) >= 11 is 0. The Labute approximate surface area is 144 Å². The third kappa shape index (κ3) is 3.85. The van der Waals surface area contributed by atoms with E-state index in [0.29, 0.717) is 12.3 Å². The van der Waals surface area contributed by atoms with Gasteiger partial charge in [-0.05, 0) is 31.5 Å². The van der Waals surface area contributed by atoms with E-state index >= 15 is 0 Å². The molecular weight excluding hydrogens is 324 g/mol. The smallest absolute Gasteiger partial charge is 0.314 e. The minimum absolute atomic E-state index is 0.0940. The topological polar surface area (TPSA) is 105 Å². The van der Waals surface area contributed by atoms with Crippen LogP contribution in [0.15, 0.2) is 34.9 Å². The molecule has 1 aliphatic rings. The maximum absolute atomic E-state index is 12.2. The van der Waals surface area contributed by atoms with E-state index in [4.69, 9.17) is 4.52 Å². The summed E-state index contributed by atoms with van der Waals surface area (Å²) in [4.78, 5) is 37.7. The number of anilines is 2. The van der Waals surface area contributed by atoms with Crippen molar-refractivity contribution in [1.82, 2.24) is 10.5 Å². The van der Waals surface area contributed by atoms with Gasteiger partial charge in [-0.25, -0.2) is 0 Å². The Balaban J connectivity index is 1.59. The second kappa shape index (κ2) is 6.76. The molecule has 8 heteroatoms. The number of aromatic nitrogens is 1. The number of carbonyl (C=O) groups is 3. The number of hydrogen-bond acceptors (Lipinski definition) is 5. The van der Waals surface area contributed by atoms with Crippen LogP contribution in [0.3, 0.4) is 0 Å². The molecule has 0 saturated carbocycles. The van der Waals surface area contributed by atoms with Gasteiger partial charge in [0.15, 0.2) is 5.82 Å². The normalized spacial score (nSPS) is 16.8. The van der Waals surface area contributed by atoms with Gasteiger partial charge in [-0.15, -0.1) is 0 Å². The molecule has 1 aromatic carbocycles. The lowest BCUT2D eigenvalue weighted by Crippen LogP contribution is -2.43. The Morgan fingerprint density at radius 1 is 1.24 bits per heavy atom. The Morgan fingerprint density at radius 3 is 2.72 bits per heavy atom. The van der Waals surface area contributed by atoms with Gasteiger partial charge in [-0.3, -0.25) is 19.7 Å². The third-order valence-electron chi connectivity index (χ3n) is 3.85. The van der Waals surface area contributed by atoms with Crippen LogP contribution in [0.2, 0.25) is 0 Å². The first-order chi connectivity index (χ1) is 11.9. The first-order valence-corrected chi connectivity index (χ1v) is 7.84. The predicted molar refractivity (Wildman–Crippen MR) is 89.9 cm³/mol. The Kier molecular flexibility index (Phi) is 4.51. The van der Waals surface area contributed by atoms with E-state index in [0.717, 1.165) is 11.3 Å². The Bertz CT molecular complexity index is 830. The number of carbonyl (C=O) groups excluding carboxylic acids is 3. The SMILES string of the molecule is Cc1cccc(N2CC(NC(=O)C(=O)Nc3cc(C)on3)CC2=O)c1. The number of hydrogen-bond donors (Lipinski definition) is 2. The van der Waals surface area contributed by atoms with Crippen molar-refractivity contribution < 1.29 is 18.9 Å². The van der Waals surface area contributed by atoms with E-state index in [2.05, 4.69) is 15.8 Å². The Hall–Kier alpha value is -3.16. The van der Waals surface area contributed by atoms with E-state index in [1.54, 1.807) is 11.8 Å². The summed E-state index contributed by atoms with van der Waals surface area (Å²) in [7, 11) is 0. The van der Waals surface area contributed by atoms with E-state index < -0.39 is 17.9 Å². The molecule has 1 atom stereocenters. The molecular formula is C17H18N4O4. The van der Waals surface area contributed by atoms with Crippen LogP contribution in [0.1, 0.15) is 17.7 Å². The molecule has 2 heterocycles. The standard InChI is InChI=1S/C17H18N4O4/c1-10-4-3-5-13(6-10)21-9-12(8-15(21)22)18-16(23)17(24)19-14-7-11(2)25-20-14/h3-7,12H,8-9H2,1-2H3,(H,18,23)(H,19,20,24). The fourth-order valence-electron chi connectivity index (χ4n) is 2.70. The molecule has 1 aromatic heterocycles. The highest BCUT2D eigenvalue weighted by Gasteiger charge is 2.32. The summed E-state index contributed by atoms with van der Waals surface area (Å²) in [6.07, 6.45) is 0.149. The Morgan fingerprint density at radius 2 is 2.04 bits per heavy atom. The number of aryl methyl sites for hydroxylation is 2. The molecule has 3 rings (SSSR count).